The van der Waals surface area contributed by atoms with Gasteiger partial charge in [-0.15, -0.1) is 23.1 Å². The largest absolute Gasteiger partial charge is 0.465 e. The topological polar surface area (TPSA) is 117 Å². The van der Waals surface area contributed by atoms with Crippen molar-refractivity contribution in [2.24, 2.45) is 0 Å². The number of nitrogens with zero attached hydrogens (tertiary/aromatic N) is 1. The number of esters is 1. The zero-order valence-electron chi connectivity index (χ0n) is 31.4. The standard InChI is InChI=1S/C46H39ClN4O5S2/c1-56-46(55)40-37-23-24-51(28-30-13-5-2-6-14-30)29-39(37)58-45(40)50-44(54)41(32-16-7-3-8-17-32)57-36-22-12-21-35(27-36)48-43(53)38(26-31-15-11-20-34(47)25-31)49-42(52)33-18-9-4-10-19-33/h2-22,25-27,41H,23-24,28-29H2,1H3,(H,48,53)(H,49,52)(H,50,54)/b38-26-. The van der Waals surface area contributed by atoms with Crippen LogP contribution in [0.15, 0.2) is 150 Å². The molecule has 292 valence electrons. The number of rotatable bonds is 13. The first-order valence-corrected chi connectivity index (χ1v) is 20.6. The summed E-state index contributed by atoms with van der Waals surface area (Å²) in [6.07, 6.45) is 2.21. The van der Waals surface area contributed by atoms with Gasteiger partial charge in [0.25, 0.3) is 11.8 Å². The van der Waals surface area contributed by atoms with E-state index in [4.69, 9.17) is 16.3 Å². The number of thiophene rings is 1. The second kappa shape index (κ2) is 19.0. The minimum absolute atomic E-state index is 0.0129. The number of benzene rings is 5. The highest BCUT2D eigenvalue weighted by atomic mass is 35.5. The highest BCUT2D eigenvalue weighted by Gasteiger charge is 2.31. The van der Waals surface area contributed by atoms with Crippen LogP contribution in [0.1, 0.15) is 53.1 Å². The van der Waals surface area contributed by atoms with Crippen molar-refractivity contribution in [1.29, 1.82) is 0 Å². The van der Waals surface area contributed by atoms with E-state index >= 15 is 0 Å². The number of halogens is 1. The molecule has 3 N–H and O–H groups in total. The molecule has 6 aromatic rings. The van der Waals surface area contributed by atoms with E-state index in [0.717, 1.165) is 29.1 Å². The molecule has 12 heteroatoms. The Labute approximate surface area is 350 Å². The van der Waals surface area contributed by atoms with Gasteiger partial charge in [-0.25, -0.2) is 4.79 Å². The van der Waals surface area contributed by atoms with Crippen molar-refractivity contribution in [3.05, 3.63) is 189 Å². The molecule has 1 aliphatic rings. The Morgan fingerprint density at radius 2 is 1.55 bits per heavy atom. The third-order valence-corrected chi connectivity index (χ3v) is 12.0. The van der Waals surface area contributed by atoms with Gasteiger partial charge < -0.3 is 20.7 Å². The van der Waals surface area contributed by atoms with Crippen LogP contribution in [-0.4, -0.2) is 42.2 Å². The van der Waals surface area contributed by atoms with Crippen molar-refractivity contribution in [1.82, 2.24) is 10.2 Å². The van der Waals surface area contributed by atoms with E-state index in [2.05, 4.69) is 33.0 Å². The first-order valence-electron chi connectivity index (χ1n) is 18.5. The molecule has 1 aliphatic heterocycles. The minimum Gasteiger partial charge on any atom is -0.465 e. The highest BCUT2D eigenvalue weighted by Crippen LogP contribution is 2.41. The zero-order chi connectivity index (χ0) is 40.4. The molecule has 3 amide bonds. The lowest BCUT2D eigenvalue weighted by atomic mass is 10.0. The molecular weight excluding hydrogens is 788 g/mol. The van der Waals surface area contributed by atoms with Crippen LogP contribution in [0.25, 0.3) is 6.08 Å². The molecule has 58 heavy (non-hydrogen) atoms. The first kappa shape index (κ1) is 40.2. The molecule has 0 saturated carbocycles. The Kier molecular flexibility index (Phi) is 13.2. The summed E-state index contributed by atoms with van der Waals surface area (Å²) in [6.45, 7) is 2.19. The van der Waals surface area contributed by atoms with Gasteiger partial charge in [-0.3, -0.25) is 19.3 Å². The fourth-order valence-corrected chi connectivity index (χ4v) is 9.17. The molecule has 9 nitrogen and oxygen atoms in total. The maximum absolute atomic E-state index is 14.4. The monoisotopic (exact) mass is 826 g/mol. The van der Waals surface area contributed by atoms with Crippen LogP contribution in [0.5, 0.6) is 0 Å². The van der Waals surface area contributed by atoms with Crippen molar-refractivity contribution >= 4 is 75.2 Å². The van der Waals surface area contributed by atoms with E-state index in [1.807, 2.05) is 54.6 Å². The number of fused-ring (bicyclic) bond motifs is 1. The average Bonchev–Trinajstić information content (AvgIpc) is 3.60. The fourth-order valence-electron chi connectivity index (χ4n) is 6.60. The molecule has 0 spiro atoms. The molecule has 0 bridgehead atoms. The molecule has 1 aromatic heterocycles. The van der Waals surface area contributed by atoms with Crippen LogP contribution in [-0.2, 0) is 33.8 Å². The molecule has 0 saturated heterocycles. The number of amides is 3. The Bertz CT molecular complexity index is 2460. The number of carbonyl (C=O) groups is 4. The summed E-state index contributed by atoms with van der Waals surface area (Å²) in [5.74, 6) is -1.80. The van der Waals surface area contributed by atoms with E-state index in [1.54, 1.807) is 78.9 Å². The van der Waals surface area contributed by atoms with Crippen LogP contribution >= 0.6 is 34.7 Å². The molecule has 0 radical (unpaired) electrons. The Balaban J connectivity index is 1.12. The second-order valence-corrected chi connectivity index (χ2v) is 16.2. The van der Waals surface area contributed by atoms with Crippen molar-refractivity contribution < 1.29 is 23.9 Å². The SMILES string of the molecule is COC(=O)c1c(NC(=O)C(Sc2cccc(NC(=O)/C(=C/c3cccc(Cl)c3)NC(=O)c3ccccc3)c2)c2ccccc2)sc2c1CCN(Cc1ccccc1)C2. The molecular formula is C46H39ClN4O5S2. The molecule has 7 rings (SSSR count). The van der Waals surface area contributed by atoms with Gasteiger partial charge in [0.05, 0.1) is 12.7 Å². The number of hydrogen-bond donors (Lipinski definition) is 3. The lowest BCUT2D eigenvalue weighted by molar-refractivity contribution is -0.116. The van der Waals surface area contributed by atoms with E-state index in [1.165, 1.54) is 35.8 Å². The number of ether oxygens (including phenoxy) is 1. The number of hydrogen-bond acceptors (Lipinski definition) is 8. The fraction of sp³-hybridized carbons (Fsp3) is 0.130. The van der Waals surface area contributed by atoms with Crippen LogP contribution in [0.4, 0.5) is 10.7 Å². The van der Waals surface area contributed by atoms with E-state index in [9.17, 15) is 19.2 Å². The number of thioether (sulfide) groups is 1. The van der Waals surface area contributed by atoms with E-state index in [0.29, 0.717) is 50.3 Å². The zero-order valence-corrected chi connectivity index (χ0v) is 33.8. The highest BCUT2D eigenvalue weighted by molar-refractivity contribution is 8.00. The van der Waals surface area contributed by atoms with Crippen LogP contribution in [0.3, 0.4) is 0 Å². The molecule has 1 unspecified atom stereocenters. The van der Waals surface area contributed by atoms with Crippen molar-refractivity contribution in [3.8, 4) is 0 Å². The molecule has 0 fully saturated rings. The third-order valence-electron chi connectivity index (χ3n) is 9.39. The van der Waals surface area contributed by atoms with Crippen molar-refractivity contribution in [2.75, 3.05) is 24.3 Å². The summed E-state index contributed by atoms with van der Waals surface area (Å²) < 4.78 is 5.22. The number of carbonyl (C=O) groups excluding carboxylic acids is 4. The molecule has 2 heterocycles. The summed E-state index contributed by atoms with van der Waals surface area (Å²) in [6, 6.07) is 42.3. The molecule has 5 aromatic carbocycles. The van der Waals surface area contributed by atoms with Crippen LogP contribution < -0.4 is 16.0 Å². The quantitative estimate of drug-likeness (QED) is 0.0604. The van der Waals surface area contributed by atoms with Gasteiger partial charge in [-0.2, -0.15) is 0 Å². The predicted octanol–water partition coefficient (Wildman–Crippen LogP) is 9.63. The lowest BCUT2D eigenvalue weighted by Crippen LogP contribution is -2.30. The number of anilines is 2. The van der Waals surface area contributed by atoms with Gasteiger partial charge >= 0.3 is 5.97 Å². The van der Waals surface area contributed by atoms with Crippen molar-refractivity contribution in [2.45, 2.75) is 29.7 Å². The Morgan fingerprint density at radius 1 is 0.845 bits per heavy atom. The van der Waals surface area contributed by atoms with Crippen LogP contribution in [0.2, 0.25) is 5.02 Å². The Morgan fingerprint density at radius 3 is 2.28 bits per heavy atom. The summed E-state index contributed by atoms with van der Waals surface area (Å²) in [5.41, 5.74) is 4.75. The van der Waals surface area contributed by atoms with Gasteiger partial charge in [-0.1, -0.05) is 109 Å². The first-order chi connectivity index (χ1) is 28.2. The maximum atomic E-state index is 14.4. The number of nitrogens with one attached hydrogen (secondary N) is 3. The normalized spacial score (nSPS) is 13.2. The summed E-state index contributed by atoms with van der Waals surface area (Å²) in [4.78, 5) is 58.6. The average molecular weight is 827 g/mol. The summed E-state index contributed by atoms with van der Waals surface area (Å²) >= 11 is 8.94. The van der Waals surface area contributed by atoms with Crippen molar-refractivity contribution in [3.63, 3.8) is 0 Å². The smallest absolute Gasteiger partial charge is 0.341 e. The van der Waals surface area contributed by atoms with Crippen LogP contribution in [0, 0.1) is 0 Å². The summed E-state index contributed by atoms with van der Waals surface area (Å²) in [5, 5.41) is 8.97. The van der Waals surface area contributed by atoms with Gasteiger partial charge in [0.1, 0.15) is 15.9 Å². The molecule has 0 aliphatic carbocycles. The van der Waals surface area contributed by atoms with Gasteiger partial charge in [0.2, 0.25) is 5.91 Å². The third kappa shape index (κ3) is 10.1. The van der Waals surface area contributed by atoms with E-state index in [-0.39, 0.29) is 11.6 Å². The lowest BCUT2D eigenvalue weighted by Gasteiger charge is -2.27. The second-order valence-electron chi connectivity index (χ2n) is 13.5. The van der Waals surface area contributed by atoms with E-state index < -0.39 is 23.0 Å². The minimum atomic E-state index is -0.727. The molecule has 1 atom stereocenters. The number of methoxy groups -OCH3 is 1. The van der Waals surface area contributed by atoms with Gasteiger partial charge in [0, 0.05) is 45.7 Å². The predicted molar refractivity (Wildman–Crippen MR) is 232 cm³/mol. The van der Waals surface area contributed by atoms with Gasteiger partial charge in [0.15, 0.2) is 0 Å². The summed E-state index contributed by atoms with van der Waals surface area (Å²) in [7, 11) is 1.35. The maximum Gasteiger partial charge on any atom is 0.341 e. The van der Waals surface area contributed by atoms with Gasteiger partial charge in [-0.05, 0) is 77.2 Å². The Hall–Kier alpha value is -5.98.